The Morgan fingerprint density at radius 2 is 1.95 bits per heavy atom. The molecule has 0 saturated heterocycles. The van der Waals surface area contributed by atoms with E-state index in [0.717, 1.165) is 11.8 Å². The monoisotopic (exact) mass is 319 g/mol. The summed E-state index contributed by atoms with van der Waals surface area (Å²) in [5.74, 6) is -3.33. The lowest BCUT2D eigenvalue weighted by molar-refractivity contribution is -0.129. The first-order valence-corrected chi connectivity index (χ1v) is 7.36. The molecule has 112 valence electrons. The van der Waals surface area contributed by atoms with Gasteiger partial charge in [-0.05, 0) is 29.7 Å². The van der Waals surface area contributed by atoms with E-state index in [2.05, 4.69) is 4.99 Å². The molecule has 0 fully saturated rings. The number of aliphatic imine (C=N–C) groups is 1. The van der Waals surface area contributed by atoms with Gasteiger partial charge in [-0.1, -0.05) is 18.2 Å². The van der Waals surface area contributed by atoms with Gasteiger partial charge in [0.05, 0.1) is 0 Å². The van der Waals surface area contributed by atoms with Gasteiger partial charge in [-0.2, -0.15) is 0 Å². The standard InChI is InChI=1S/C16H11F2NO2S/c1-16(17,18)11-6-4-10(5-7-11)14-19-13(15(20)21-14)9-12-3-2-8-22-12/h2-9H,1H3/b13-9+. The van der Waals surface area contributed by atoms with E-state index >= 15 is 0 Å². The molecular formula is C16H11F2NO2S. The lowest BCUT2D eigenvalue weighted by Crippen LogP contribution is -2.09. The number of cyclic esters (lactones) is 1. The molecule has 0 saturated carbocycles. The van der Waals surface area contributed by atoms with Crippen LogP contribution in [0.3, 0.4) is 0 Å². The van der Waals surface area contributed by atoms with Crippen LogP contribution in [0.1, 0.15) is 22.9 Å². The van der Waals surface area contributed by atoms with Crippen LogP contribution in [0, 0.1) is 0 Å². The van der Waals surface area contributed by atoms with Crippen LogP contribution < -0.4 is 0 Å². The molecule has 6 heteroatoms. The van der Waals surface area contributed by atoms with Gasteiger partial charge >= 0.3 is 5.97 Å². The number of ether oxygens (including phenoxy) is 1. The summed E-state index contributed by atoms with van der Waals surface area (Å²) in [7, 11) is 0. The van der Waals surface area contributed by atoms with Crippen molar-refractivity contribution in [2.45, 2.75) is 12.8 Å². The third-order valence-electron chi connectivity index (χ3n) is 3.08. The molecule has 1 aliphatic rings. The lowest BCUT2D eigenvalue weighted by Gasteiger charge is -2.10. The first-order valence-electron chi connectivity index (χ1n) is 6.48. The second-order valence-corrected chi connectivity index (χ2v) is 5.80. The number of hydrogen-bond acceptors (Lipinski definition) is 4. The number of carbonyl (C=O) groups excluding carboxylic acids is 1. The molecule has 1 aromatic carbocycles. The molecule has 0 N–H and O–H groups in total. The van der Waals surface area contributed by atoms with E-state index in [1.54, 1.807) is 6.08 Å². The molecule has 3 rings (SSSR count). The Balaban J connectivity index is 1.88. The zero-order chi connectivity index (χ0) is 15.7. The topological polar surface area (TPSA) is 38.7 Å². The van der Waals surface area contributed by atoms with Crippen molar-refractivity contribution >= 4 is 29.3 Å². The smallest absolute Gasteiger partial charge is 0.363 e. The van der Waals surface area contributed by atoms with Gasteiger partial charge < -0.3 is 4.74 Å². The Bertz CT molecular complexity index is 756. The molecule has 1 aromatic heterocycles. The van der Waals surface area contributed by atoms with Crippen LogP contribution in [0.25, 0.3) is 6.08 Å². The molecule has 0 spiro atoms. The van der Waals surface area contributed by atoms with Crippen molar-refractivity contribution in [2.75, 3.05) is 0 Å². The summed E-state index contributed by atoms with van der Waals surface area (Å²) in [6.07, 6.45) is 1.63. The molecule has 2 aromatic rings. The highest BCUT2D eigenvalue weighted by Crippen LogP contribution is 2.28. The second kappa shape index (κ2) is 5.46. The number of benzene rings is 1. The molecule has 0 aliphatic carbocycles. The Labute approximate surface area is 129 Å². The number of nitrogens with zero attached hydrogens (tertiary/aromatic N) is 1. The maximum atomic E-state index is 13.2. The summed E-state index contributed by atoms with van der Waals surface area (Å²) in [6, 6.07) is 9.25. The van der Waals surface area contributed by atoms with E-state index in [1.807, 2.05) is 17.5 Å². The molecule has 22 heavy (non-hydrogen) atoms. The van der Waals surface area contributed by atoms with Crippen molar-refractivity contribution < 1.29 is 18.3 Å². The number of esters is 1. The van der Waals surface area contributed by atoms with Crippen molar-refractivity contribution in [3.8, 4) is 0 Å². The zero-order valence-corrected chi connectivity index (χ0v) is 12.4. The van der Waals surface area contributed by atoms with Crippen molar-refractivity contribution in [1.82, 2.24) is 0 Å². The number of halogens is 2. The molecule has 0 amide bonds. The van der Waals surface area contributed by atoms with Gasteiger partial charge in [-0.15, -0.1) is 11.3 Å². The van der Waals surface area contributed by atoms with Crippen molar-refractivity contribution in [3.05, 3.63) is 63.5 Å². The molecule has 0 bridgehead atoms. The molecule has 2 heterocycles. The van der Waals surface area contributed by atoms with Crippen LogP contribution in [0.4, 0.5) is 8.78 Å². The minimum Gasteiger partial charge on any atom is -0.402 e. The molecule has 0 radical (unpaired) electrons. The van der Waals surface area contributed by atoms with E-state index in [0.29, 0.717) is 5.56 Å². The average molecular weight is 319 g/mol. The van der Waals surface area contributed by atoms with Gasteiger partial charge in [-0.25, -0.2) is 18.6 Å². The van der Waals surface area contributed by atoms with Crippen molar-refractivity contribution in [3.63, 3.8) is 0 Å². The maximum Gasteiger partial charge on any atom is 0.363 e. The molecule has 0 atom stereocenters. The van der Waals surface area contributed by atoms with Crippen molar-refractivity contribution in [1.29, 1.82) is 0 Å². The highest BCUT2D eigenvalue weighted by molar-refractivity contribution is 7.10. The third-order valence-corrected chi connectivity index (χ3v) is 3.90. The highest BCUT2D eigenvalue weighted by atomic mass is 32.1. The number of rotatable bonds is 3. The molecule has 3 nitrogen and oxygen atoms in total. The summed E-state index contributed by atoms with van der Waals surface area (Å²) in [5, 5.41) is 1.89. The van der Waals surface area contributed by atoms with E-state index < -0.39 is 11.9 Å². The lowest BCUT2D eigenvalue weighted by atomic mass is 10.1. The minimum absolute atomic E-state index is 0.101. The molecule has 0 unspecified atom stereocenters. The van der Waals surface area contributed by atoms with E-state index in [4.69, 9.17) is 4.74 Å². The Kier molecular flexibility index (Phi) is 3.62. The fourth-order valence-electron chi connectivity index (χ4n) is 1.95. The molecule has 1 aliphatic heterocycles. The molecular weight excluding hydrogens is 308 g/mol. The number of alkyl halides is 2. The van der Waals surface area contributed by atoms with Gasteiger partial charge in [0.1, 0.15) is 0 Å². The number of hydrogen-bond donors (Lipinski definition) is 0. The zero-order valence-electron chi connectivity index (χ0n) is 11.5. The number of thiophene rings is 1. The third kappa shape index (κ3) is 2.96. The SMILES string of the molecule is CC(F)(F)c1ccc(C2=N/C(=C/c3cccs3)C(=O)O2)cc1. The Morgan fingerprint density at radius 1 is 1.23 bits per heavy atom. The fraction of sp³-hybridized carbons (Fsp3) is 0.125. The van der Waals surface area contributed by atoms with Crippen molar-refractivity contribution in [2.24, 2.45) is 4.99 Å². The van der Waals surface area contributed by atoms with Crippen LogP contribution in [-0.4, -0.2) is 11.9 Å². The highest BCUT2D eigenvalue weighted by Gasteiger charge is 2.27. The van der Waals surface area contributed by atoms with E-state index in [1.165, 1.54) is 35.6 Å². The van der Waals surface area contributed by atoms with Crippen LogP contribution >= 0.6 is 11.3 Å². The average Bonchev–Trinajstić information content (AvgIpc) is 3.09. The predicted octanol–water partition coefficient (Wildman–Crippen LogP) is 4.20. The predicted molar refractivity (Wildman–Crippen MR) is 80.9 cm³/mol. The normalized spacial score (nSPS) is 16.8. The minimum atomic E-state index is -2.91. The van der Waals surface area contributed by atoms with Crippen LogP contribution in [-0.2, 0) is 15.5 Å². The summed E-state index contributed by atoms with van der Waals surface area (Å²) >= 11 is 1.48. The first kappa shape index (κ1) is 14.6. The Hall–Kier alpha value is -2.34. The number of carbonyl (C=O) groups is 1. The van der Waals surface area contributed by atoms with Crippen LogP contribution in [0.5, 0.6) is 0 Å². The van der Waals surface area contributed by atoms with E-state index in [9.17, 15) is 13.6 Å². The largest absolute Gasteiger partial charge is 0.402 e. The van der Waals surface area contributed by atoms with Crippen LogP contribution in [0.2, 0.25) is 0 Å². The summed E-state index contributed by atoms with van der Waals surface area (Å²) < 4.78 is 31.4. The summed E-state index contributed by atoms with van der Waals surface area (Å²) in [4.78, 5) is 16.8. The fourth-order valence-corrected chi connectivity index (χ4v) is 2.60. The van der Waals surface area contributed by atoms with E-state index in [-0.39, 0.29) is 17.2 Å². The first-order chi connectivity index (χ1) is 10.4. The van der Waals surface area contributed by atoms with Gasteiger partial charge in [0, 0.05) is 22.9 Å². The van der Waals surface area contributed by atoms with Gasteiger partial charge in [0.15, 0.2) is 5.70 Å². The quantitative estimate of drug-likeness (QED) is 0.628. The summed E-state index contributed by atoms with van der Waals surface area (Å²) in [6.45, 7) is 0.830. The maximum absolute atomic E-state index is 13.2. The van der Waals surface area contributed by atoms with Crippen LogP contribution in [0.15, 0.2) is 52.5 Å². The van der Waals surface area contributed by atoms with Gasteiger partial charge in [0.2, 0.25) is 5.90 Å². The summed E-state index contributed by atoms with van der Waals surface area (Å²) in [5.41, 5.74) is 0.578. The van der Waals surface area contributed by atoms with Gasteiger partial charge in [-0.3, -0.25) is 0 Å². The van der Waals surface area contributed by atoms with Gasteiger partial charge in [0.25, 0.3) is 5.92 Å². The Morgan fingerprint density at radius 3 is 2.55 bits per heavy atom. The second-order valence-electron chi connectivity index (χ2n) is 4.82.